The summed E-state index contributed by atoms with van der Waals surface area (Å²) < 4.78 is 8.66. The Bertz CT molecular complexity index is 1410. The van der Waals surface area contributed by atoms with Gasteiger partial charge >= 0.3 is 5.69 Å². The van der Waals surface area contributed by atoms with Crippen LogP contribution in [0.1, 0.15) is 22.3 Å². The van der Waals surface area contributed by atoms with Crippen molar-refractivity contribution in [1.29, 1.82) is 0 Å². The van der Waals surface area contributed by atoms with Crippen LogP contribution in [0.3, 0.4) is 0 Å². The number of hydrogen-bond donors (Lipinski definition) is 0. The molecule has 0 unspecified atom stereocenters. The normalized spacial score (nSPS) is 10.7. The maximum Gasteiger partial charge on any atom is 0.368 e. The zero-order valence-corrected chi connectivity index (χ0v) is 18.3. The van der Waals surface area contributed by atoms with Crippen LogP contribution in [0.2, 0.25) is 0 Å². The first kappa shape index (κ1) is 21.0. The van der Waals surface area contributed by atoms with Gasteiger partial charge in [-0.25, -0.2) is 4.79 Å². The summed E-state index contributed by atoms with van der Waals surface area (Å²) in [6.45, 7) is 13.4. The predicted molar refractivity (Wildman–Crippen MR) is 121 cm³/mol. The van der Waals surface area contributed by atoms with E-state index in [1.165, 1.54) is 9.36 Å². The lowest BCUT2D eigenvalue weighted by Crippen LogP contribution is -2.23. The minimum absolute atomic E-state index is 0.274. The molecule has 0 fully saturated rings. The van der Waals surface area contributed by atoms with E-state index in [1.807, 2.05) is 63.2 Å². The summed E-state index contributed by atoms with van der Waals surface area (Å²) in [5.41, 5.74) is 5.85. The molecule has 0 radical (unpaired) electrons. The van der Waals surface area contributed by atoms with Gasteiger partial charge in [-0.15, -0.1) is 4.98 Å². The average Bonchev–Trinajstić information content (AvgIpc) is 3.12. The van der Waals surface area contributed by atoms with Gasteiger partial charge in [0, 0.05) is 18.2 Å². The van der Waals surface area contributed by atoms with Crippen molar-refractivity contribution < 1.29 is 4.74 Å². The van der Waals surface area contributed by atoms with Gasteiger partial charge in [-0.3, -0.25) is 0 Å². The second-order valence-corrected chi connectivity index (χ2v) is 7.58. The number of hydrogen-bond acceptors (Lipinski definition) is 5. The predicted octanol–water partition coefficient (Wildman–Crippen LogP) is 4.08. The van der Waals surface area contributed by atoms with Crippen molar-refractivity contribution in [3.05, 3.63) is 92.7 Å². The molecule has 0 aliphatic heterocycles. The van der Waals surface area contributed by atoms with E-state index in [4.69, 9.17) is 11.3 Å². The number of nitrogens with zero attached hydrogens (tertiary/aromatic N) is 6. The highest BCUT2D eigenvalue weighted by Crippen LogP contribution is 2.31. The Morgan fingerprint density at radius 2 is 1.78 bits per heavy atom. The molecule has 0 amide bonds. The lowest BCUT2D eigenvalue weighted by Gasteiger charge is -2.15. The number of ether oxygens (including phenoxy) is 1. The van der Waals surface area contributed by atoms with Crippen molar-refractivity contribution in [3.8, 4) is 22.7 Å². The molecule has 2 heterocycles. The van der Waals surface area contributed by atoms with Gasteiger partial charge in [0.15, 0.2) is 5.69 Å². The van der Waals surface area contributed by atoms with Gasteiger partial charge in [-0.2, -0.15) is 9.36 Å². The van der Waals surface area contributed by atoms with E-state index in [-0.39, 0.29) is 12.3 Å². The van der Waals surface area contributed by atoms with Crippen LogP contribution in [-0.4, -0.2) is 24.8 Å². The molecule has 0 saturated heterocycles. The molecular weight excluding hydrogens is 404 g/mol. The molecular formula is C24H22N6O2. The van der Waals surface area contributed by atoms with Gasteiger partial charge in [0.25, 0.3) is 5.82 Å². The van der Waals surface area contributed by atoms with Crippen molar-refractivity contribution in [3.63, 3.8) is 0 Å². The second kappa shape index (κ2) is 8.47. The zero-order valence-electron chi connectivity index (χ0n) is 18.3. The van der Waals surface area contributed by atoms with Crippen LogP contribution in [0.4, 0.5) is 5.82 Å². The first-order valence-corrected chi connectivity index (χ1v) is 10.1. The zero-order chi connectivity index (χ0) is 22.8. The second-order valence-electron chi connectivity index (χ2n) is 7.58. The van der Waals surface area contributed by atoms with E-state index in [9.17, 15) is 4.79 Å². The van der Waals surface area contributed by atoms with Crippen LogP contribution in [0.25, 0.3) is 21.8 Å². The molecule has 2 aromatic carbocycles. The highest BCUT2D eigenvalue weighted by molar-refractivity contribution is 5.68. The molecule has 0 spiro atoms. The van der Waals surface area contributed by atoms with Crippen molar-refractivity contribution in [1.82, 2.24) is 24.8 Å². The molecule has 0 saturated carbocycles. The molecule has 4 rings (SSSR count). The number of pyridine rings is 1. The molecule has 8 nitrogen and oxygen atoms in total. The van der Waals surface area contributed by atoms with Crippen molar-refractivity contribution in [2.45, 2.75) is 27.4 Å². The van der Waals surface area contributed by atoms with Crippen LogP contribution >= 0.6 is 0 Å². The Balaban J connectivity index is 1.66. The highest BCUT2D eigenvalue weighted by atomic mass is 16.5. The summed E-state index contributed by atoms with van der Waals surface area (Å²) in [7, 11) is 1.56. The number of aromatic nitrogens is 5. The lowest BCUT2D eigenvalue weighted by molar-refractivity contribution is 0.302. The van der Waals surface area contributed by atoms with Gasteiger partial charge < -0.3 is 9.58 Å². The molecule has 0 aliphatic carbocycles. The van der Waals surface area contributed by atoms with Crippen LogP contribution in [0.15, 0.2) is 53.3 Å². The van der Waals surface area contributed by atoms with Crippen LogP contribution in [0.5, 0.6) is 5.75 Å². The van der Waals surface area contributed by atoms with Crippen LogP contribution in [-0.2, 0) is 13.7 Å². The Morgan fingerprint density at radius 3 is 2.50 bits per heavy atom. The summed E-state index contributed by atoms with van der Waals surface area (Å²) >= 11 is 0. The molecule has 4 aromatic rings. The lowest BCUT2D eigenvalue weighted by atomic mass is 10.0. The number of benzene rings is 2. The van der Waals surface area contributed by atoms with E-state index in [0.29, 0.717) is 11.5 Å². The van der Waals surface area contributed by atoms with Crippen molar-refractivity contribution in [2.24, 2.45) is 7.05 Å². The monoisotopic (exact) mass is 426 g/mol. The third-order valence-electron chi connectivity index (χ3n) is 5.35. The van der Waals surface area contributed by atoms with Crippen molar-refractivity contribution in [2.75, 3.05) is 0 Å². The van der Waals surface area contributed by atoms with Gasteiger partial charge in [-0.1, -0.05) is 24.8 Å². The average molecular weight is 426 g/mol. The third kappa shape index (κ3) is 3.88. The molecule has 2 aromatic heterocycles. The summed E-state index contributed by atoms with van der Waals surface area (Å²) in [4.78, 5) is 20.2. The van der Waals surface area contributed by atoms with Crippen molar-refractivity contribution >= 4 is 5.82 Å². The molecule has 0 atom stereocenters. The first-order valence-electron chi connectivity index (χ1n) is 10.1. The standard InChI is InChI=1S/C24H22N6O2/c1-15-8-6-10-21(30-24(31)29(5)27-28-30)19(15)14-32-22-13-16(2)18(12-17(22)3)20-9-7-11-23(25-4)26-20/h6-13H,14H2,1-3,5H3. The number of rotatable bonds is 5. The first-order chi connectivity index (χ1) is 15.4. The SMILES string of the molecule is [C-]#[N+]c1cccc(-c2cc(C)c(OCc3c(C)cccc3-n3nnn(C)c3=O)cc2C)n1. The van der Waals surface area contributed by atoms with E-state index >= 15 is 0 Å². The van der Waals surface area contributed by atoms with Crippen LogP contribution in [0, 0.1) is 27.3 Å². The Labute approximate surface area is 185 Å². The smallest absolute Gasteiger partial charge is 0.368 e. The van der Waals surface area contributed by atoms with Gasteiger partial charge in [-0.05, 0) is 78.2 Å². The maximum absolute atomic E-state index is 12.4. The number of tetrazole rings is 1. The fourth-order valence-corrected chi connectivity index (χ4v) is 3.54. The fraction of sp³-hybridized carbons (Fsp3) is 0.208. The Kier molecular flexibility index (Phi) is 5.56. The summed E-state index contributed by atoms with van der Waals surface area (Å²) in [5, 5.41) is 7.78. The quantitative estimate of drug-likeness (QED) is 0.449. The van der Waals surface area contributed by atoms with E-state index in [2.05, 4.69) is 20.3 Å². The molecule has 0 N–H and O–H groups in total. The summed E-state index contributed by atoms with van der Waals surface area (Å²) in [5.74, 6) is 1.11. The molecule has 160 valence electrons. The Hall–Kier alpha value is -4.25. The largest absolute Gasteiger partial charge is 0.489 e. The van der Waals surface area contributed by atoms with E-state index in [0.717, 1.165) is 39.3 Å². The topological polar surface area (TPSA) is 79.2 Å². The fourth-order valence-electron chi connectivity index (χ4n) is 3.54. The molecule has 0 bridgehead atoms. The van der Waals surface area contributed by atoms with Gasteiger partial charge in [0.2, 0.25) is 0 Å². The summed E-state index contributed by atoms with van der Waals surface area (Å²) in [6, 6.07) is 15.1. The third-order valence-corrected chi connectivity index (χ3v) is 5.35. The molecule has 0 aliphatic rings. The maximum atomic E-state index is 12.4. The minimum atomic E-state index is -0.317. The summed E-state index contributed by atoms with van der Waals surface area (Å²) in [6.07, 6.45) is 0. The van der Waals surface area contributed by atoms with Crippen LogP contribution < -0.4 is 10.4 Å². The molecule has 32 heavy (non-hydrogen) atoms. The van der Waals surface area contributed by atoms with Gasteiger partial charge in [0.1, 0.15) is 12.4 Å². The highest BCUT2D eigenvalue weighted by Gasteiger charge is 2.16. The van der Waals surface area contributed by atoms with E-state index < -0.39 is 0 Å². The van der Waals surface area contributed by atoms with Gasteiger partial charge in [0.05, 0.1) is 5.69 Å². The molecule has 8 heteroatoms. The number of aryl methyl sites for hydroxylation is 4. The minimum Gasteiger partial charge on any atom is -0.489 e. The Morgan fingerprint density at radius 1 is 1.00 bits per heavy atom. The van der Waals surface area contributed by atoms with E-state index in [1.54, 1.807) is 13.1 Å².